The van der Waals surface area contributed by atoms with Gasteiger partial charge in [-0.2, -0.15) is 0 Å². The Kier molecular flexibility index (Phi) is 7.59. The Morgan fingerprint density at radius 2 is 1.77 bits per heavy atom. The summed E-state index contributed by atoms with van der Waals surface area (Å²) in [4.78, 5) is 38.5. The lowest BCUT2D eigenvalue weighted by Gasteiger charge is -2.33. The predicted molar refractivity (Wildman–Crippen MR) is 116 cm³/mol. The van der Waals surface area contributed by atoms with Gasteiger partial charge in [0.1, 0.15) is 11.9 Å². The van der Waals surface area contributed by atoms with Crippen LogP contribution in [-0.2, 0) is 16.0 Å². The van der Waals surface area contributed by atoms with Crippen LogP contribution in [0.4, 0.5) is 14.9 Å². The third-order valence-corrected chi connectivity index (χ3v) is 5.18. The number of rotatable bonds is 6. The van der Waals surface area contributed by atoms with E-state index in [2.05, 4.69) is 16.0 Å². The molecule has 0 spiro atoms. The molecule has 0 saturated carbocycles. The van der Waals surface area contributed by atoms with Crippen LogP contribution < -0.4 is 16.0 Å². The van der Waals surface area contributed by atoms with Gasteiger partial charge in [-0.25, -0.2) is 9.18 Å². The minimum atomic E-state index is -0.793. The van der Waals surface area contributed by atoms with Gasteiger partial charge in [0, 0.05) is 38.2 Å². The van der Waals surface area contributed by atoms with Gasteiger partial charge in [0.25, 0.3) is 0 Å². The normalized spacial score (nSPS) is 15.1. The summed E-state index contributed by atoms with van der Waals surface area (Å²) in [7, 11) is 0. The van der Waals surface area contributed by atoms with E-state index < -0.39 is 6.04 Å². The zero-order valence-corrected chi connectivity index (χ0v) is 17.4. The van der Waals surface area contributed by atoms with E-state index in [-0.39, 0.29) is 36.1 Å². The number of urea groups is 1. The van der Waals surface area contributed by atoms with Crippen molar-refractivity contribution in [3.8, 4) is 0 Å². The van der Waals surface area contributed by atoms with Crippen molar-refractivity contribution in [2.24, 2.45) is 0 Å². The molecule has 0 radical (unpaired) electrons. The van der Waals surface area contributed by atoms with E-state index in [0.717, 1.165) is 5.69 Å². The minimum absolute atomic E-state index is 0.1000. The van der Waals surface area contributed by atoms with Crippen LogP contribution in [0.25, 0.3) is 0 Å². The molecular weight excluding hydrogens is 399 g/mol. The molecular formula is C23H27FN4O3. The predicted octanol–water partition coefficient (Wildman–Crippen LogP) is 2.69. The van der Waals surface area contributed by atoms with Crippen LogP contribution in [-0.4, -0.2) is 47.9 Å². The summed E-state index contributed by atoms with van der Waals surface area (Å²) in [6.45, 7) is 2.37. The van der Waals surface area contributed by atoms with Crippen LogP contribution in [0.2, 0.25) is 0 Å². The SMILES string of the molecule is CC(=O)N[C@@H](Cc1cccc(F)c1)C(=O)NC1CCN(C(=O)Nc2ccccc2)CC1. The van der Waals surface area contributed by atoms with Gasteiger partial charge in [0.2, 0.25) is 11.8 Å². The molecule has 2 aromatic rings. The number of para-hydroxylation sites is 1. The quantitative estimate of drug-likeness (QED) is 0.663. The Morgan fingerprint density at radius 1 is 1.06 bits per heavy atom. The van der Waals surface area contributed by atoms with Crippen molar-refractivity contribution < 1.29 is 18.8 Å². The fourth-order valence-electron chi connectivity index (χ4n) is 3.61. The summed E-state index contributed by atoms with van der Waals surface area (Å²) in [5, 5.41) is 8.47. The number of carbonyl (C=O) groups is 3. The summed E-state index contributed by atoms with van der Waals surface area (Å²) in [6.07, 6.45) is 1.42. The molecule has 1 atom stereocenters. The molecule has 0 bridgehead atoms. The van der Waals surface area contributed by atoms with Crippen molar-refractivity contribution in [3.63, 3.8) is 0 Å². The second-order valence-corrected chi connectivity index (χ2v) is 7.65. The molecule has 164 valence electrons. The summed E-state index contributed by atoms with van der Waals surface area (Å²) >= 11 is 0. The molecule has 3 N–H and O–H groups in total. The Labute approximate surface area is 181 Å². The average Bonchev–Trinajstić information content (AvgIpc) is 2.74. The number of hydrogen-bond acceptors (Lipinski definition) is 3. The van der Waals surface area contributed by atoms with E-state index in [1.165, 1.54) is 19.1 Å². The molecule has 0 unspecified atom stereocenters. The highest BCUT2D eigenvalue weighted by Gasteiger charge is 2.27. The van der Waals surface area contributed by atoms with E-state index in [1.807, 2.05) is 30.3 Å². The van der Waals surface area contributed by atoms with Gasteiger partial charge in [0.05, 0.1) is 0 Å². The zero-order valence-electron chi connectivity index (χ0n) is 17.4. The number of nitrogens with one attached hydrogen (secondary N) is 3. The summed E-state index contributed by atoms with van der Waals surface area (Å²) < 4.78 is 13.5. The first kappa shape index (κ1) is 22.3. The Hall–Kier alpha value is -3.42. The molecule has 8 heteroatoms. The van der Waals surface area contributed by atoms with E-state index in [4.69, 9.17) is 0 Å². The first-order valence-corrected chi connectivity index (χ1v) is 10.3. The molecule has 31 heavy (non-hydrogen) atoms. The maximum absolute atomic E-state index is 13.5. The molecule has 1 saturated heterocycles. The van der Waals surface area contributed by atoms with Crippen LogP contribution in [0.5, 0.6) is 0 Å². The number of amides is 4. The van der Waals surface area contributed by atoms with Gasteiger partial charge in [-0.15, -0.1) is 0 Å². The number of likely N-dealkylation sites (tertiary alicyclic amines) is 1. The van der Waals surface area contributed by atoms with Crippen LogP contribution in [0, 0.1) is 5.82 Å². The molecule has 1 fully saturated rings. The number of halogens is 1. The lowest BCUT2D eigenvalue weighted by Crippen LogP contribution is -2.53. The molecule has 4 amide bonds. The molecule has 3 rings (SSSR count). The fourth-order valence-corrected chi connectivity index (χ4v) is 3.61. The maximum Gasteiger partial charge on any atom is 0.321 e. The van der Waals surface area contributed by atoms with E-state index in [0.29, 0.717) is 31.5 Å². The molecule has 0 aliphatic carbocycles. The van der Waals surface area contributed by atoms with Crippen LogP contribution >= 0.6 is 0 Å². The second-order valence-electron chi connectivity index (χ2n) is 7.65. The highest BCUT2D eigenvalue weighted by Crippen LogP contribution is 2.14. The van der Waals surface area contributed by atoms with Crippen LogP contribution in [0.3, 0.4) is 0 Å². The third kappa shape index (κ3) is 6.80. The molecule has 1 aliphatic heterocycles. The third-order valence-electron chi connectivity index (χ3n) is 5.18. The molecule has 0 aromatic heterocycles. The second kappa shape index (κ2) is 10.6. The number of nitrogens with zero attached hydrogens (tertiary/aromatic N) is 1. The highest BCUT2D eigenvalue weighted by atomic mass is 19.1. The number of hydrogen-bond donors (Lipinski definition) is 3. The van der Waals surface area contributed by atoms with Crippen molar-refractivity contribution in [1.82, 2.24) is 15.5 Å². The Morgan fingerprint density at radius 3 is 2.42 bits per heavy atom. The van der Waals surface area contributed by atoms with Crippen LogP contribution in [0.1, 0.15) is 25.3 Å². The molecule has 1 heterocycles. The van der Waals surface area contributed by atoms with Crippen molar-refractivity contribution >= 4 is 23.5 Å². The summed E-state index contributed by atoms with van der Waals surface area (Å²) in [5.74, 6) is -1.03. The van der Waals surface area contributed by atoms with Crippen molar-refractivity contribution in [2.75, 3.05) is 18.4 Å². The Bertz CT molecular complexity index is 914. The lowest BCUT2D eigenvalue weighted by molar-refractivity contribution is -0.128. The number of benzene rings is 2. The van der Waals surface area contributed by atoms with Gasteiger partial charge in [-0.1, -0.05) is 30.3 Å². The van der Waals surface area contributed by atoms with Gasteiger partial charge in [0.15, 0.2) is 0 Å². The molecule has 2 aromatic carbocycles. The first-order chi connectivity index (χ1) is 14.9. The number of piperidine rings is 1. The van der Waals surface area contributed by atoms with Crippen molar-refractivity contribution in [1.29, 1.82) is 0 Å². The molecule has 1 aliphatic rings. The topological polar surface area (TPSA) is 90.5 Å². The van der Waals surface area contributed by atoms with Gasteiger partial charge < -0.3 is 20.9 Å². The smallest absolute Gasteiger partial charge is 0.321 e. The molecule has 7 nitrogen and oxygen atoms in total. The fraction of sp³-hybridized carbons (Fsp3) is 0.348. The highest BCUT2D eigenvalue weighted by molar-refractivity contribution is 5.89. The van der Waals surface area contributed by atoms with E-state index in [1.54, 1.807) is 17.0 Å². The van der Waals surface area contributed by atoms with Crippen molar-refractivity contribution in [2.45, 2.75) is 38.3 Å². The average molecular weight is 426 g/mol. The van der Waals surface area contributed by atoms with Gasteiger partial charge in [-0.05, 0) is 42.7 Å². The number of carbonyl (C=O) groups excluding carboxylic acids is 3. The van der Waals surface area contributed by atoms with Gasteiger partial charge >= 0.3 is 6.03 Å². The lowest BCUT2D eigenvalue weighted by atomic mass is 10.0. The van der Waals surface area contributed by atoms with Crippen LogP contribution in [0.15, 0.2) is 54.6 Å². The summed E-state index contributed by atoms with van der Waals surface area (Å²) in [6, 6.07) is 14.2. The largest absolute Gasteiger partial charge is 0.351 e. The van der Waals surface area contributed by atoms with Gasteiger partial charge in [-0.3, -0.25) is 9.59 Å². The van der Waals surface area contributed by atoms with E-state index in [9.17, 15) is 18.8 Å². The minimum Gasteiger partial charge on any atom is -0.351 e. The number of anilines is 1. The maximum atomic E-state index is 13.5. The Balaban J connectivity index is 1.52. The standard InChI is InChI=1S/C23H27FN4O3/c1-16(29)25-21(15-17-6-5-7-18(24)14-17)22(30)26-20-10-12-28(13-11-20)23(31)27-19-8-3-2-4-9-19/h2-9,14,20-21H,10-13,15H2,1H3,(H,25,29)(H,26,30)(H,27,31)/t21-/m0/s1. The first-order valence-electron chi connectivity index (χ1n) is 10.3. The summed E-state index contributed by atoms with van der Waals surface area (Å²) in [5.41, 5.74) is 1.36. The van der Waals surface area contributed by atoms with E-state index >= 15 is 0 Å². The van der Waals surface area contributed by atoms with Crippen molar-refractivity contribution in [3.05, 3.63) is 66.0 Å². The zero-order chi connectivity index (χ0) is 22.2. The monoisotopic (exact) mass is 426 g/mol.